The third kappa shape index (κ3) is 4.42. The highest BCUT2D eigenvalue weighted by Gasteiger charge is 2.35. The number of nitrogens with one attached hydrogen (secondary N) is 1. The lowest BCUT2D eigenvalue weighted by molar-refractivity contribution is -0.140. The molecule has 0 amide bonds. The number of nitrogens with zero attached hydrogens (tertiary/aromatic N) is 3. The lowest BCUT2D eigenvalue weighted by Gasteiger charge is -2.11. The third-order valence-corrected chi connectivity index (χ3v) is 4.84. The van der Waals surface area contributed by atoms with Gasteiger partial charge in [-0.05, 0) is 30.3 Å². The lowest BCUT2D eigenvalue weighted by atomic mass is 10.2. The average molecular weight is 400 g/mol. The molecule has 0 saturated carbocycles. The van der Waals surface area contributed by atoms with Crippen molar-refractivity contribution < 1.29 is 26.0 Å². The fourth-order valence-electron chi connectivity index (χ4n) is 2.25. The number of benzene rings is 1. The Bertz CT molecular complexity index is 1050. The van der Waals surface area contributed by atoms with E-state index < -0.39 is 32.5 Å². The van der Waals surface area contributed by atoms with Crippen LogP contribution in [0.4, 0.5) is 23.4 Å². The largest absolute Gasteiger partial charge is 0.419 e. The van der Waals surface area contributed by atoms with E-state index in [1.807, 2.05) is 0 Å². The van der Waals surface area contributed by atoms with Crippen molar-refractivity contribution in [3.05, 3.63) is 71.9 Å². The van der Waals surface area contributed by atoms with Crippen molar-refractivity contribution in [3.8, 4) is 0 Å². The van der Waals surface area contributed by atoms with E-state index in [4.69, 9.17) is 0 Å². The van der Waals surface area contributed by atoms with Gasteiger partial charge in [0, 0.05) is 18.5 Å². The van der Waals surface area contributed by atoms with E-state index in [1.54, 1.807) is 24.4 Å². The van der Waals surface area contributed by atoms with Crippen LogP contribution in [0, 0.1) is 5.82 Å². The minimum Gasteiger partial charge on any atom is -0.265 e. The van der Waals surface area contributed by atoms with E-state index in [2.05, 4.69) is 14.8 Å². The van der Waals surface area contributed by atoms with E-state index in [-0.39, 0.29) is 18.4 Å². The van der Waals surface area contributed by atoms with Crippen molar-refractivity contribution in [1.82, 2.24) is 14.8 Å². The number of aromatic nitrogens is 3. The second kappa shape index (κ2) is 6.99. The molecule has 27 heavy (non-hydrogen) atoms. The Balaban J connectivity index is 1.81. The lowest BCUT2D eigenvalue weighted by Crippen LogP contribution is -2.16. The van der Waals surface area contributed by atoms with E-state index in [0.29, 0.717) is 11.8 Å². The van der Waals surface area contributed by atoms with Gasteiger partial charge in [-0.2, -0.15) is 18.3 Å². The molecule has 2 aromatic heterocycles. The molecule has 3 aromatic rings. The number of hydrogen-bond donors (Lipinski definition) is 1. The van der Waals surface area contributed by atoms with Crippen molar-refractivity contribution >= 4 is 15.8 Å². The second-order valence-corrected chi connectivity index (χ2v) is 7.15. The smallest absolute Gasteiger partial charge is 0.265 e. The first-order valence-electron chi connectivity index (χ1n) is 7.48. The molecule has 0 atom stereocenters. The Kier molecular flexibility index (Phi) is 4.87. The van der Waals surface area contributed by atoms with Crippen molar-refractivity contribution in [1.29, 1.82) is 0 Å². The topological polar surface area (TPSA) is 76.9 Å². The van der Waals surface area contributed by atoms with Gasteiger partial charge in [0.15, 0.2) is 5.82 Å². The monoisotopic (exact) mass is 400 g/mol. The molecule has 0 aliphatic carbocycles. The van der Waals surface area contributed by atoms with Crippen LogP contribution in [-0.2, 0) is 22.7 Å². The molecule has 11 heteroatoms. The molecule has 2 heterocycles. The number of anilines is 1. The number of rotatable bonds is 5. The molecular formula is C16H12F4N4O2S. The van der Waals surface area contributed by atoms with Crippen molar-refractivity contribution in [3.63, 3.8) is 0 Å². The second-order valence-electron chi connectivity index (χ2n) is 5.46. The quantitative estimate of drug-likeness (QED) is 0.667. The maximum Gasteiger partial charge on any atom is 0.419 e. The first-order chi connectivity index (χ1) is 12.6. The summed E-state index contributed by atoms with van der Waals surface area (Å²) in [6.45, 7) is 0.275. The molecule has 6 nitrogen and oxygen atoms in total. The van der Waals surface area contributed by atoms with Crippen LogP contribution in [0.1, 0.15) is 11.3 Å². The normalized spacial score (nSPS) is 12.1. The van der Waals surface area contributed by atoms with Gasteiger partial charge in [0.05, 0.1) is 22.7 Å². The van der Waals surface area contributed by atoms with Gasteiger partial charge in [-0.1, -0.05) is 6.07 Å². The minimum absolute atomic E-state index is 0.0937. The molecule has 0 unspecified atom stereocenters. The van der Waals surface area contributed by atoms with Crippen LogP contribution in [-0.4, -0.2) is 23.2 Å². The highest BCUT2D eigenvalue weighted by Crippen LogP contribution is 2.33. The summed E-state index contributed by atoms with van der Waals surface area (Å²) in [4.78, 5) is 3.38. The first kappa shape index (κ1) is 18.8. The Labute approximate surface area is 151 Å². The SMILES string of the molecule is O=S(=O)(Nc1ccn(Cc2ccccn2)n1)c1ccc(F)c(C(F)(F)F)c1. The molecule has 142 valence electrons. The Morgan fingerprint density at radius 2 is 1.89 bits per heavy atom. The highest BCUT2D eigenvalue weighted by molar-refractivity contribution is 7.92. The minimum atomic E-state index is -5.01. The zero-order valence-electron chi connectivity index (χ0n) is 13.5. The zero-order valence-corrected chi connectivity index (χ0v) is 14.3. The maximum absolute atomic E-state index is 13.3. The molecule has 1 aromatic carbocycles. The van der Waals surface area contributed by atoms with Crippen LogP contribution in [0.15, 0.2) is 59.8 Å². The van der Waals surface area contributed by atoms with E-state index >= 15 is 0 Å². The van der Waals surface area contributed by atoms with Crippen molar-refractivity contribution in [2.75, 3.05) is 4.72 Å². The summed E-state index contributed by atoms with van der Waals surface area (Å²) < 4.78 is 79.7. The van der Waals surface area contributed by atoms with Crippen LogP contribution < -0.4 is 4.72 Å². The summed E-state index contributed by atoms with van der Waals surface area (Å²) in [6, 6.07) is 8.06. The van der Waals surface area contributed by atoms with Crippen LogP contribution in [0.5, 0.6) is 0 Å². The molecule has 0 aliphatic heterocycles. The van der Waals surface area contributed by atoms with Gasteiger partial charge in [-0.25, -0.2) is 12.8 Å². The zero-order chi connectivity index (χ0) is 19.7. The molecule has 0 spiro atoms. The summed E-state index contributed by atoms with van der Waals surface area (Å²) in [6.07, 6.45) is -1.94. The maximum atomic E-state index is 13.3. The molecule has 0 radical (unpaired) electrons. The van der Waals surface area contributed by atoms with E-state index in [1.165, 1.54) is 16.9 Å². The molecule has 0 saturated heterocycles. The third-order valence-electron chi connectivity index (χ3n) is 3.48. The van der Waals surface area contributed by atoms with Crippen molar-refractivity contribution in [2.24, 2.45) is 0 Å². The van der Waals surface area contributed by atoms with Crippen molar-refractivity contribution in [2.45, 2.75) is 17.6 Å². The summed E-state index contributed by atoms with van der Waals surface area (Å²) in [5, 5.41) is 4.00. The Morgan fingerprint density at radius 1 is 1.11 bits per heavy atom. The predicted molar refractivity (Wildman–Crippen MR) is 87.8 cm³/mol. The molecule has 0 bridgehead atoms. The summed E-state index contributed by atoms with van der Waals surface area (Å²) in [5.41, 5.74) is -0.977. The van der Waals surface area contributed by atoms with E-state index in [0.717, 1.165) is 6.07 Å². The standard InChI is InChI=1S/C16H12F4N4O2S/c17-14-5-4-12(9-13(14)16(18,19)20)27(25,26)23-15-6-8-24(22-15)10-11-3-1-2-7-21-11/h1-9H,10H2,(H,22,23). The Morgan fingerprint density at radius 3 is 2.56 bits per heavy atom. The van der Waals surface area contributed by atoms with Crippen LogP contribution in [0.25, 0.3) is 0 Å². The first-order valence-corrected chi connectivity index (χ1v) is 8.96. The van der Waals surface area contributed by atoms with Crippen LogP contribution in [0.3, 0.4) is 0 Å². The van der Waals surface area contributed by atoms with E-state index in [9.17, 15) is 26.0 Å². The molecule has 1 N–H and O–H groups in total. The van der Waals surface area contributed by atoms with Crippen LogP contribution in [0.2, 0.25) is 0 Å². The average Bonchev–Trinajstić information content (AvgIpc) is 3.01. The molecule has 0 aliphatic rings. The van der Waals surface area contributed by atoms with Crippen LogP contribution >= 0.6 is 0 Å². The van der Waals surface area contributed by atoms with Gasteiger partial charge in [0.2, 0.25) is 0 Å². The number of sulfonamides is 1. The summed E-state index contributed by atoms with van der Waals surface area (Å²) >= 11 is 0. The number of halogens is 4. The summed E-state index contributed by atoms with van der Waals surface area (Å²) in [7, 11) is -4.38. The Hall–Kier alpha value is -2.95. The predicted octanol–water partition coefficient (Wildman–Crippen LogP) is 3.29. The number of hydrogen-bond acceptors (Lipinski definition) is 4. The molecular weight excluding hydrogens is 388 g/mol. The van der Waals surface area contributed by atoms with Gasteiger partial charge < -0.3 is 0 Å². The fraction of sp³-hybridized carbons (Fsp3) is 0.125. The number of alkyl halides is 3. The van der Waals surface area contributed by atoms with Gasteiger partial charge in [-0.3, -0.25) is 14.4 Å². The highest BCUT2D eigenvalue weighted by atomic mass is 32.2. The summed E-state index contributed by atoms with van der Waals surface area (Å²) in [5.74, 6) is -1.65. The molecule has 0 fully saturated rings. The van der Waals surface area contributed by atoms with Gasteiger partial charge in [-0.15, -0.1) is 0 Å². The molecule has 3 rings (SSSR count). The number of pyridine rings is 1. The van der Waals surface area contributed by atoms with Gasteiger partial charge in [0.25, 0.3) is 10.0 Å². The fourth-order valence-corrected chi connectivity index (χ4v) is 3.27. The van der Waals surface area contributed by atoms with Gasteiger partial charge >= 0.3 is 6.18 Å². The van der Waals surface area contributed by atoms with Gasteiger partial charge in [0.1, 0.15) is 5.82 Å².